The van der Waals surface area contributed by atoms with Crippen molar-refractivity contribution < 1.29 is 13.2 Å². The van der Waals surface area contributed by atoms with Gasteiger partial charge >= 0.3 is 6.18 Å². The van der Waals surface area contributed by atoms with Crippen LogP contribution in [0, 0.1) is 6.92 Å². The third-order valence-electron chi connectivity index (χ3n) is 2.80. The number of hydrogen-bond donors (Lipinski definition) is 1. The molecule has 4 nitrogen and oxygen atoms in total. The minimum Gasteiger partial charge on any atom is -0.342 e. The van der Waals surface area contributed by atoms with Gasteiger partial charge in [0.15, 0.2) is 5.82 Å². The fraction of sp³-hybridized carbons (Fsp3) is 0.154. The second-order valence-electron chi connectivity index (χ2n) is 4.32. The van der Waals surface area contributed by atoms with Crippen molar-refractivity contribution in [2.75, 3.05) is 0 Å². The van der Waals surface area contributed by atoms with E-state index in [-0.39, 0.29) is 5.82 Å². The maximum Gasteiger partial charge on any atom is 0.433 e. The Hall–Kier alpha value is -2.44. The van der Waals surface area contributed by atoms with Crippen molar-refractivity contribution in [1.29, 1.82) is 0 Å². The van der Waals surface area contributed by atoms with Crippen LogP contribution in [0.3, 0.4) is 0 Å². The van der Waals surface area contributed by atoms with Crippen LogP contribution in [0.15, 0.2) is 30.5 Å². The van der Waals surface area contributed by atoms with E-state index in [0.29, 0.717) is 5.56 Å². The molecule has 0 bridgehead atoms. The summed E-state index contributed by atoms with van der Waals surface area (Å²) in [7, 11) is 0. The van der Waals surface area contributed by atoms with E-state index in [9.17, 15) is 13.2 Å². The van der Waals surface area contributed by atoms with E-state index in [0.717, 1.165) is 29.1 Å². The number of imidazole rings is 1. The highest BCUT2D eigenvalue weighted by Crippen LogP contribution is 2.29. The van der Waals surface area contributed by atoms with Crippen LogP contribution in [0.25, 0.3) is 22.4 Å². The summed E-state index contributed by atoms with van der Waals surface area (Å²) in [6.07, 6.45) is -3.38. The summed E-state index contributed by atoms with van der Waals surface area (Å²) >= 11 is 0. The fourth-order valence-electron chi connectivity index (χ4n) is 1.93. The van der Waals surface area contributed by atoms with Crippen molar-refractivity contribution >= 4 is 11.0 Å². The minimum atomic E-state index is -4.48. The van der Waals surface area contributed by atoms with E-state index in [1.807, 2.05) is 0 Å². The number of hydrogen-bond acceptors (Lipinski definition) is 3. The van der Waals surface area contributed by atoms with Crippen LogP contribution in [-0.2, 0) is 6.18 Å². The van der Waals surface area contributed by atoms with Crippen molar-refractivity contribution in [3.8, 4) is 11.4 Å². The van der Waals surface area contributed by atoms with Gasteiger partial charge < -0.3 is 4.98 Å². The highest BCUT2D eigenvalue weighted by Gasteiger charge is 2.32. The SMILES string of the molecule is Cc1nc2ccc(-c3nccc(C(F)(F)F)n3)cc2[nH]1. The summed E-state index contributed by atoms with van der Waals surface area (Å²) in [6.45, 7) is 1.81. The molecule has 2 heterocycles. The Bertz CT molecular complexity index is 777. The Labute approximate surface area is 111 Å². The summed E-state index contributed by atoms with van der Waals surface area (Å²) in [5.41, 5.74) is 1.04. The van der Waals surface area contributed by atoms with Crippen molar-refractivity contribution in [2.45, 2.75) is 13.1 Å². The summed E-state index contributed by atoms with van der Waals surface area (Å²) in [4.78, 5) is 14.7. The molecule has 0 radical (unpaired) electrons. The number of H-pyrrole nitrogens is 1. The molecule has 20 heavy (non-hydrogen) atoms. The number of halogens is 3. The van der Waals surface area contributed by atoms with Crippen LogP contribution in [0.4, 0.5) is 13.2 Å². The monoisotopic (exact) mass is 278 g/mol. The van der Waals surface area contributed by atoms with E-state index in [1.165, 1.54) is 0 Å². The van der Waals surface area contributed by atoms with Crippen molar-refractivity contribution in [3.05, 3.63) is 42.0 Å². The van der Waals surface area contributed by atoms with E-state index in [1.54, 1.807) is 25.1 Å². The van der Waals surface area contributed by atoms with Gasteiger partial charge in [0, 0.05) is 11.8 Å². The number of aromatic amines is 1. The van der Waals surface area contributed by atoms with Gasteiger partial charge in [-0.3, -0.25) is 0 Å². The first-order valence-corrected chi connectivity index (χ1v) is 5.80. The van der Waals surface area contributed by atoms with Crippen LogP contribution in [0.5, 0.6) is 0 Å². The number of nitrogens with zero attached hydrogens (tertiary/aromatic N) is 3. The molecule has 1 aromatic carbocycles. The standard InChI is InChI=1S/C13H9F3N4/c1-7-18-9-3-2-8(6-10(9)19-7)12-17-5-4-11(20-12)13(14,15)16/h2-6H,1H3,(H,18,19). The largest absolute Gasteiger partial charge is 0.433 e. The van der Waals surface area contributed by atoms with Gasteiger partial charge in [-0.25, -0.2) is 15.0 Å². The predicted molar refractivity (Wildman–Crippen MR) is 66.9 cm³/mol. The number of rotatable bonds is 1. The van der Waals surface area contributed by atoms with Crippen LogP contribution in [-0.4, -0.2) is 19.9 Å². The van der Waals surface area contributed by atoms with Crippen LogP contribution in [0.2, 0.25) is 0 Å². The number of benzene rings is 1. The lowest BCUT2D eigenvalue weighted by atomic mass is 10.2. The van der Waals surface area contributed by atoms with Crippen molar-refractivity contribution in [3.63, 3.8) is 0 Å². The maximum atomic E-state index is 12.6. The van der Waals surface area contributed by atoms with Gasteiger partial charge in [0.25, 0.3) is 0 Å². The molecule has 0 aliphatic carbocycles. The average Bonchev–Trinajstić information content (AvgIpc) is 2.77. The van der Waals surface area contributed by atoms with Gasteiger partial charge in [0.2, 0.25) is 0 Å². The number of nitrogens with one attached hydrogen (secondary N) is 1. The number of aromatic nitrogens is 4. The molecule has 0 spiro atoms. The lowest BCUT2D eigenvalue weighted by molar-refractivity contribution is -0.141. The van der Waals surface area contributed by atoms with Gasteiger partial charge in [-0.2, -0.15) is 13.2 Å². The molecule has 0 saturated carbocycles. The molecule has 0 amide bonds. The molecule has 0 aliphatic rings. The molecule has 3 aromatic rings. The second-order valence-corrected chi connectivity index (χ2v) is 4.32. The predicted octanol–water partition coefficient (Wildman–Crippen LogP) is 3.35. The molecule has 3 rings (SSSR count). The van der Waals surface area contributed by atoms with E-state index >= 15 is 0 Å². The molecule has 0 aliphatic heterocycles. The summed E-state index contributed by atoms with van der Waals surface area (Å²) in [5.74, 6) is 0.774. The Morgan fingerprint density at radius 1 is 1.10 bits per heavy atom. The summed E-state index contributed by atoms with van der Waals surface area (Å²) in [5, 5.41) is 0. The third-order valence-corrected chi connectivity index (χ3v) is 2.80. The molecule has 0 saturated heterocycles. The quantitative estimate of drug-likeness (QED) is 0.742. The van der Waals surface area contributed by atoms with Crippen molar-refractivity contribution in [1.82, 2.24) is 19.9 Å². The second kappa shape index (κ2) is 4.29. The first-order valence-electron chi connectivity index (χ1n) is 5.80. The Balaban J connectivity index is 2.10. The average molecular weight is 278 g/mol. The lowest BCUT2D eigenvalue weighted by Gasteiger charge is -2.06. The summed E-state index contributed by atoms with van der Waals surface area (Å²) in [6, 6.07) is 5.91. The molecule has 7 heteroatoms. The molecular formula is C13H9F3N4. The van der Waals surface area contributed by atoms with Crippen LogP contribution >= 0.6 is 0 Å². The molecule has 2 aromatic heterocycles. The molecule has 1 N–H and O–H groups in total. The highest BCUT2D eigenvalue weighted by atomic mass is 19.4. The molecule has 0 atom stereocenters. The van der Waals surface area contributed by atoms with Crippen LogP contribution in [0.1, 0.15) is 11.5 Å². The van der Waals surface area contributed by atoms with Gasteiger partial charge in [-0.15, -0.1) is 0 Å². The lowest BCUT2D eigenvalue weighted by Crippen LogP contribution is -2.08. The Morgan fingerprint density at radius 2 is 1.90 bits per heavy atom. The third kappa shape index (κ3) is 2.22. The Kier molecular flexibility index (Phi) is 2.70. The van der Waals surface area contributed by atoms with Crippen LogP contribution < -0.4 is 0 Å². The number of aryl methyl sites for hydroxylation is 1. The van der Waals surface area contributed by atoms with E-state index in [2.05, 4.69) is 19.9 Å². The molecule has 0 fully saturated rings. The zero-order valence-corrected chi connectivity index (χ0v) is 10.4. The zero-order chi connectivity index (χ0) is 14.3. The zero-order valence-electron chi connectivity index (χ0n) is 10.4. The smallest absolute Gasteiger partial charge is 0.342 e. The fourth-order valence-corrected chi connectivity index (χ4v) is 1.93. The first kappa shape index (κ1) is 12.6. The van der Waals surface area contributed by atoms with Crippen molar-refractivity contribution in [2.24, 2.45) is 0 Å². The number of fused-ring (bicyclic) bond motifs is 1. The molecule has 0 unspecified atom stereocenters. The van der Waals surface area contributed by atoms with E-state index in [4.69, 9.17) is 0 Å². The van der Waals surface area contributed by atoms with E-state index < -0.39 is 11.9 Å². The topological polar surface area (TPSA) is 54.5 Å². The van der Waals surface area contributed by atoms with Gasteiger partial charge in [-0.05, 0) is 31.2 Å². The van der Waals surface area contributed by atoms with Gasteiger partial charge in [0.05, 0.1) is 11.0 Å². The summed E-state index contributed by atoms with van der Waals surface area (Å²) < 4.78 is 37.9. The number of alkyl halides is 3. The first-order chi connectivity index (χ1) is 9.43. The minimum absolute atomic E-state index is 0.0361. The highest BCUT2D eigenvalue weighted by molar-refractivity contribution is 5.80. The normalized spacial score (nSPS) is 12.0. The van der Waals surface area contributed by atoms with Gasteiger partial charge in [-0.1, -0.05) is 0 Å². The maximum absolute atomic E-state index is 12.6. The molecule has 102 valence electrons. The molecular weight excluding hydrogens is 269 g/mol. The van der Waals surface area contributed by atoms with Gasteiger partial charge in [0.1, 0.15) is 11.5 Å². The Morgan fingerprint density at radius 3 is 2.65 bits per heavy atom.